The normalized spacial score (nSPS) is 10.5. The number of hydrogen-bond donors (Lipinski definition) is 3. The maximum absolute atomic E-state index is 11.6. The minimum atomic E-state index is -0.236. The summed E-state index contributed by atoms with van der Waals surface area (Å²) in [5.74, 6) is 5.83. The Kier molecular flexibility index (Phi) is 5.87. The van der Waals surface area contributed by atoms with E-state index in [1.54, 1.807) is 11.3 Å². The van der Waals surface area contributed by atoms with E-state index in [4.69, 9.17) is 5.11 Å². The molecule has 3 N–H and O–H groups in total. The first-order chi connectivity index (χ1) is 8.90. The van der Waals surface area contributed by atoms with E-state index >= 15 is 0 Å². The number of amides is 2. The number of aliphatic hydroxyl groups excluding tert-OH is 1. The Balaban J connectivity index is 2.43. The van der Waals surface area contributed by atoms with Gasteiger partial charge in [-0.25, -0.2) is 4.79 Å². The predicted octanol–water partition coefficient (Wildman–Crippen LogP) is 2.08. The van der Waals surface area contributed by atoms with E-state index in [1.165, 1.54) is 0 Å². The van der Waals surface area contributed by atoms with Crippen molar-refractivity contribution in [2.24, 2.45) is 0 Å². The molecule has 1 aromatic rings. The van der Waals surface area contributed by atoms with Gasteiger partial charge < -0.3 is 15.7 Å². The molecule has 0 aliphatic heterocycles. The van der Waals surface area contributed by atoms with Crippen molar-refractivity contribution in [1.29, 1.82) is 0 Å². The number of thiophene rings is 1. The lowest BCUT2D eigenvalue weighted by Crippen LogP contribution is -2.46. The molecule has 0 aliphatic rings. The zero-order valence-electron chi connectivity index (χ0n) is 11.5. The lowest BCUT2D eigenvalue weighted by atomic mass is 10.1. The molecule has 1 aromatic heterocycles. The van der Waals surface area contributed by atoms with Gasteiger partial charge in [-0.2, -0.15) is 0 Å². The Bertz CT molecular complexity index is 478. The Morgan fingerprint density at radius 2 is 2.21 bits per heavy atom. The van der Waals surface area contributed by atoms with Gasteiger partial charge in [0.05, 0.1) is 13.2 Å². The van der Waals surface area contributed by atoms with Crippen molar-refractivity contribution < 1.29 is 9.90 Å². The zero-order chi connectivity index (χ0) is 14.3. The molecule has 104 valence electrons. The lowest BCUT2D eigenvalue weighted by molar-refractivity contribution is 0.231. The second kappa shape index (κ2) is 7.17. The minimum Gasteiger partial charge on any atom is -0.395 e. The van der Waals surface area contributed by atoms with Crippen LogP contribution in [0.3, 0.4) is 0 Å². The SMILES string of the molecule is CC(C)(C)NC(=O)NCc1cc(C#CCCO)cs1. The van der Waals surface area contributed by atoms with Crippen LogP contribution in [-0.2, 0) is 6.54 Å². The third kappa shape index (κ3) is 6.85. The number of nitrogens with one attached hydrogen (secondary N) is 2. The highest BCUT2D eigenvalue weighted by Crippen LogP contribution is 2.13. The zero-order valence-corrected chi connectivity index (χ0v) is 12.4. The molecule has 4 nitrogen and oxygen atoms in total. The molecule has 0 aromatic carbocycles. The maximum Gasteiger partial charge on any atom is 0.315 e. The molecule has 19 heavy (non-hydrogen) atoms. The second-order valence-electron chi connectivity index (χ2n) is 5.13. The van der Waals surface area contributed by atoms with Crippen LogP contribution in [0.2, 0.25) is 0 Å². The van der Waals surface area contributed by atoms with Crippen molar-refractivity contribution in [1.82, 2.24) is 10.6 Å². The monoisotopic (exact) mass is 280 g/mol. The molecule has 0 bridgehead atoms. The molecule has 0 saturated heterocycles. The molecule has 1 rings (SSSR count). The van der Waals surface area contributed by atoms with Gasteiger partial charge in [-0.15, -0.1) is 11.3 Å². The number of hydrogen-bond acceptors (Lipinski definition) is 3. The molecule has 1 heterocycles. The molecular weight excluding hydrogens is 260 g/mol. The molecule has 0 atom stereocenters. The molecule has 0 saturated carbocycles. The van der Waals surface area contributed by atoms with Crippen LogP contribution < -0.4 is 10.6 Å². The highest BCUT2D eigenvalue weighted by molar-refractivity contribution is 7.10. The van der Waals surface area contributed by atoms with Crippen molar-refractivity contribution in [3.05, 3.63) is 21.9 Å². The van der Waals surface area contributed by atoms with Crippen molar-refractivity contribution in [3.8, 4) is 11.8 Å². The summed E-state index contributed by atoms with van der Waals surface area (Å²) >= 11 is 1.56. The fourth-order valence-corrected chi connectivity index (χ4v) is 2.07. The van der Waals surface area contributed by atoms with Crippen LogP contribution in [0.15, 0.2) is 11.4 Å². The van der Waals surface area contributed by atoms with Gasteiger partial charge in [0.15, 0.2) is 0 Å². The van der Waals surface area contributed by atoms with Crippen molar-refractivity contribution in [3.63, 3.8) is 0 Å². The molecule has 0 radical (unpaired) electrons. The third-order valence-electron chi connectivity index (χ3n) is 2.03. The number of rotatable bonds is 3. The quantitative estimate of drug-likeness (QED) is 0.742. The van der Waals surface area contributed by atoms with Gasteiger partial charge in [-0.1, -0.05) is 11.8 Å². The Labute approximate surface area is 118 Å². The van der Waals surface area contributed by atoms with Crippen LogP contribution in [0.4, 0.5) is 4.79 Å². The van der Waals surface area contributed by atoms with Gasteiger partial charge >= 0.3 is 6.03 Å². The smallest absolute Gasteiger partial charge is 0.315 e. The van der Waals surface area contributed by atoms with E-state index < -0.39 is 0 Å². The van der Waals surface area contributed by atoms with E-state index in [-0.39, 0.29) is 18.2 Å². The summed E-state index contributed by atoms with van der Waals surface area (Å²) in [5, 5.41) is 16.2. The first-order valence-corrected chi connectivity index (χ1v) is 7.02. The summed E-state index contributed by atoms with van der Waals surface area (Å²) in [4.78, 5) is 12.6. The van der Waals surface area contributed by atoms with Gasteiger partial charge in [0, 0.05) is 27.8 Å². The largest absolute Gasteiger partial charge is 0.395 e. The molecule has 2 amide bonds. The van der Waals surface area contributed by atoms with Gasteiger partial charge in [-0.05, 0) is 26.8 Å². The van der Waals surface area contributed by atoms with E-state index in [0.717, 1.165) is 10.4 Å². The van der Waals surface area contributed by atoms with Crippen LogP contribution in [-0.4, -0.2) is 23.3 Å². The van der Waals surface area contributed by atoms with E-state index in [0.29, 0.717) is 13.0 Å². The summed E-state index contributed by atoms with van der Waals surface area (Å²) in [7, 11) is 0. The lowest BCUT2D eigenvalue weighted by Gasteiger charge is -2.20. The van der Waals surface area contributed by atoms with Gasteiger partial charge in [-0.3, -0.25) is 0 Å². The van der Waals surface area contributed by atoms with Crippen molar-refractivity contribution in [2.45, 2.75) is 39.3 Å². The van der Waals surface area contributed by atoms with Crippen LogP contribution in [0, 0.1) is 11.8 Å². The summed E-state index contributed by atoms with van der Waals surface area (Å²) in [5.41, 5.74) is 0.687. The van der Waals surface area contributed by atoms with Crippen LogP contribution in [0.5, 0.6) is 0 Å². The first-order valence-electron chi connectivity index (χ1n) is 6.14. The topological polar surface area (TPSA) is 61.4 Å². The molecule has 0 unspecified atom stereocenters. The average Bonchev–Trinajstić information content (AvgIpc) is 2.72. The molecular formula is C14H20N2O2S. The molecule has 0 spiro atoms. The summed E-state index contributed by atoms with van der Waals surface area (Å²) in [6.07, 6.45) is 0.484. The van der Waals surface area contributed by atoms with Crippen LogP contribution >= 0.6 is 11.3 Å². The van der Waals surface area contributed by atoms with E-state index in [2.05, 4.69) is 22.5 Å². The fourth-order valence-electron chi connectivity index (χ4n) is 1.31. The number of carbonyl (C=O) groups excluding carboxylic acids is 1. The third-order valence-corrected chi connectivity index (χ3v) is 2.97. The van der Waals surface area contributed by atoms with Crippen molar-refractivity contribution >= 4 is 17.4 Å². The van der Waals surface area contributed by atoms with Crippen LogP contribution in [0.1, 0.15) is 37.6 Å². The molecule has 0 fully saturated rings. The Morgan fingerprint density at radius 3 is 2.84 bits per heavy atom. The van der Waals surface area contributed by atoms with Gasteiger partial charge in [0.2, 0.25) is 0 Å². The average molecular weight is 280 g/mol. The molecule has 0 aliphatic carbocycles. The van der Waals surface area contributed by atoms with Crippen molar-refractivity contribution in [2.75, 3.05) is 6.61 Å². The predicted molar refractivity (Wildman–Crippen MR) is 78.0 cm³/mol. The fraction of sp³-hybridized carbons (Fsp3) is 0.500. The molecule has 5 heteroatoms. The highest BCUT2D eigenvalue weighted by atomic mass is 32.1. The number of urea groups is 1. The number of aliphatic hydroxyl groups is 1. The summed E-state index contributed by atoms with van der Waals surface area (Å²) in [6, 6.07) is 1.78. The summed E-state index contributed by atoms with van der Waals surface area (Å²) < 4.78 is 0. The standard InChI is InChI=1S/C14H20N2O2S/c1-14(2,3)16-13(18)15-9-12-8-11(10-19-12)6-4-5-7-17/h8,10,17H,5,7,9H2,1-3H3,(H2,15,16,18). The summed E-state index contributed by atoms with van der Waals surface area (Å²) in [6.45, 7) is 6.39. The minimum absolute atomic E-state index is 0.0819. The number of carbonyl (C=O) groups is 1. The van der Waals surface area contributed by atoms with Gasteiger partial charge in [0.1, 0.15) is 0 Å². The maximum atomic E-state index is 11.6. The van der Waals surface area contributed by atoms with Crippen LogP contribution in [0.25, 0.3) is 0 Å². The van der Waals surface area contributed by atoms with Gasteiger partial charge in [0.25, 0.3) is 0 Å². The second-order valence-corrected chi connectivity index (χ2v) is 6.13. The van der Waals surface area contributed by atoms with E-state index in [9.17, 15) is 4.79 Å². The van der Waals surface area contributed by atoms with E-state index in [1.807, 2.05) is 32.2 Å². The Hall–Kier alpha value is -1.51. The first kappa shape index (κ1) is 15.5. The Morgan fingerprint density at radius 1 is 1.47 bits per heavy atom. The highest BCUT2D eigenvalue weighted by Gasteiger charge is 2.13.